The molecular weight excluding hydrogens is 430 g/mol. The minimum atomic E-state index is -0.679. The van der Waals surface area contributed by atoms with Crippen molar-refractivity contribution in [2.45, 2.75) is 6.54 Å². The fraction of sp³-hybridized carbons (Fsp3) is 0.273. The summed E-state index contributed by atoms with van der Waals surface area (Å²) in [6.07, 6.45) is 0. The lowest BCUT2D eigenvalue weighted by atomic mass is 10.1. The highest BCUT2D eigenvalue weighted by atomic mass is 32.1. The molecule has 0 aliphatic carbocycles. The zero-order valence-corrected chi connectivity index (χ0v) is 18.4. The molecule has 1 saturated heterocycles. The minimum Gasteiger partial charge on any atom is -0.497 e. The van der Waals surface area contributed by atoms with Crippen LogP contribution >= 0.6 is 11.3 Å². The molecule has 0 spiro atoms. The van der Waals surface area contributed by atoms with E-state index in [0.29, 0.717) is 18.8 Å². The van der Waals surface area contributed by atoms with Gasteiger partial charge < -0.3 is 15.4 Å². The van der Waals surface area contributed by atoms with E-state index in [1.807, 2.05) is 29.2 Å². The highest BCUT2D eigenvalue weighted by molar-refractivity contribution is 7.13. The van der Waals surface area contributed by atoms with Gasteiger partial charge in [-0.05, 0) is 36.4 Å². The van der Waals surface area contributed by atoms with Gasteiger partial charge in [0, 0.05) is 55.3 Å². The van der Waals surface area contributed by atoms with Crippen molar-refractivity contribution in [3.05, 3.63) is 69.2 Å². The van der Waals surface area contributed by atoms with Gasteiger partial charge in [-0.15, -0.1) is 11.3 Å². The number of nitrogens with two attached hydrogens (primary N) is 1. The van der Waals surface area contributed by atoms with E-state index >= 15 is 0 Å². The molecule has 1 amide bonds. The average Bonchev–Trinajstić information content (AvgIpc) is 3.27. The molecule has 1 aliphatic heterocycles. The fourth-order valence-electron chi connectivity index (χ4n) is 3.71. The summed E-state index contributed by atoms with van der Waals surface area (Å²) in [6, 6.07) is 12.2. The van der Waals surface area contributed by atoms with E-state index in [1.165, 1.54) is 12.1 Å². The predicted octanol–water partition coefficient (Wildman–Crippen LogP) is 3.15. The number of anilines is 1. The molecule has 1 aliphatic rings. The standard InChI is InChI=1S/C22H23N5O4S/c1-31-18-5-2-15(3-6-18)22-24-17(14-32-22)13-25-8-10-26(11-9-25)19-7-4-16(21(23)28)12-20(19)27(29)30/h2-7,12,14H,8-11,13H2,1H3,(H2,23,28). The van der Waals surface area contributed by atoms with Crippen molar-refractivity contribution in [2.24, 2.45) is 5.73 Å². The van der Waals surface area contributed by atoms with Crippen LogP contribution in [0.2, 0.25) is 0 Å². The van der Waals surface area contributed by atoms with Crippen LogP contribution in [0.15, 0.2) is 47.8 Å². The Bertz CT molecular complexity index is 1120. The smallest absolute Gasteiger partial charge is 0.293 e. The summed E-state index contributed by atoms with van der Waals surface area (Å²) in [6.45, 7) is 3.52. The van der Waals surface area contributed by atoms with Gasteiger partial charge in [0.25, 0.3) is 5.69 Å². The molecule has 0 saturated carbocycles. The summed E-state index contributed by atoms with van der Waals surface area (Å²) in [5, 5.41) is 14.5. The van der Waals surface area contributed by atoms with Crippen molar-refractivity contribution < 1.29 is 14.5 Å². The van der Waals surface area contributed by atoms with Crippen molar-refractivity contribution in [1.29, 1.82) is 0 Å². The monoisotopic (exact) mass is 453 g/mol. The molecule has 0 radical (unpaired) electrons. The van der Waals surface area contributed by atoms with E-state index in [2.05, 4.69) is 10.3 Å². The van der Waals surface area contributed by atoms with Gasteiger partial charge in [0.15, 0.2) is 0 Å². The van der Waals surface area contributed by atoms with Gasteiger partial charge in [0.1, 0.15) is 16.4 Å². The minimum absolute atomic E-state index is 0.0987. The zero-order chi connectivity index (χ0) is 22.7. The molecule has 3 aromatic rings. The van der Waals surface area contributed by atoms with Crippen LogP contribution in [0.25, 0.3) is 10.6 Å². The SMILES string of the molecule is COc1ccc(-c2nc(CN3CCN(c4ccc(C(N)=O)cc4[N+](=O)[O-])CC3)cs2)cc1. The van der Waals surface area contributed by atoms with Gasteiger partial charge in [-0.25, -0.2) is 4.98 Å². The zero-order valence-electron chi connectivity index (χ0n) is 17.6. The van der Waals surface area contributed by atoms with E-state index in [9.17, 15) is 14.9 Å². The quantitative estimate of drug-likeness (QED) is 0.432. The number of ether oxygens (including phenoxy) is 1. The van der Waals surface area contributed by atoms with Gasteiger partial charge in [0.2, 0.25) is 5.91 Å². The third-order valence-corrected chi connectivity index (χ3v) is 6.38. The highest BCUT2D eigenvalue weighted by Crippen LogP contribution is 2.31. The Balaban J connectivity index is 1.39. The molecule has 2 heterocycles. The lowest BCUT2D eigenvalue weighted by Crippen LogP contribution is -2.46. The third-order valence-electron chi connectivity index (χ3n) is 5.44. The van der Waals surface area contributed by atoms with E-state index in [1.54, 1.807) is 24.5 Å². The lowest BCUT2D eigenvalue weighted by molar-refractivity contribution is -0.384. The Kier molecular flexibility index (Phi) is 6.33. The Morgan fingerprint density at radius 2 is 1.91 bits per heavy atom. The van der Waals surface area contributed by atoms with Crippen LogP contribution in [0.3, 0.4) is 0 Å². The average molecular weight is 454 g/mol. The second-order valence-corrected chi connectivity index (χ2v) is 8.32. The van der Waals surface area contributed by atoms with Gasteiger partial charge in [-0.2, -0.15) is 0 Å². The van der Waals surface area contributed by atoms with Gasteiger partial charge in [0.05, 0.1) is 17.7 Å². The summed E-state index contributed by atoms with van der Waals surface area (Å²) in [7, 11) is 1.64. The van der Waals surface area contributed by atoms with Crippen molar-refractivity contribution in [2.75, 3.05) is 38.2 Å². The largest absolute Gasteiger partial charge is 0.497 e. The van der Waals surface area contributed by atoms with E-state index < -0.39 is 10.8 Å². The number of hydrogen-bond donors (Lipinski definition) is 1. The molecule has 0 atom stereocenters. The number of carbonyl (C=O) groups is 1. The number of rotatable bonds is 7. The lowest BCUT2D eigenvalue weighted by Gasteiger charge is -2.35. The number of nitro groups is 1. The predicted molar refractivity (Wildman–Crippen MR) is 123 cm³/mol. The molecule has 1 aromatic heterocycles. The van der Waals surface area contributed by atoms with E-state index in [4.69, 9.17) is 15.5 Å². The number of nitro benzene ring substituents is 1. The number of nitrogens with zero attached hydrogens (tertiary/aromatic N) is 4. The van der Waals surface area contributed by atoms with Crippen molar-refractivity contribution in [1.82, 2.24) is 9.88 Å². The van der Waals surface area contributed by atoms with Crippen molar-refractivity contribution in [3.8, 4) is 16.3 Å². The first-order valence-electron chi connectivity index (χ1n) is 10.1. The Morgan fingerprint density at radius 3 is 2.53 bits per heavy atom. The summed E-state index contributed by atoms with van der Waals surface area (Å²) >= 11 is 1.61. The first kappa shape index (κ1) is 21.7. The first-order valence-corrected chi connectivity index (χ1v) is 11.0. The normalized spacial score (nSPS) is 14.3. The van der Waals surface area contributed by atoms with Crippen molar-refractivity contribution in [3.63, 3.8) is 0 Å². The molecule has 166 valence electrons. The number of amides is 1. The highest BCUT2D eigenvalue weighted by Gasteiger charge is 2.25. The maximum absolute atomic E-state index is 11.5. The molecule has 2 N–H and O–H groups in total. The number of benzene rings is 2. The molecule has 1 fully saturated rings. The number of primary amides is 1. The molecule has 10 heteroatoms. The molecule has 2 aromatic carbocycles. The Hall–Kier alpha value is -3.50. The summed E-state index contributed by atoms with van der Waals surface area (Å²) < 4.78 is 5.20. The third kappa shape index (κ3) is 4.71. The maximum atomic E-state index is 11.5. The van der Waals surface area contributed by atoms with Crippen LogP contribution in [0.4, 0.5) is 11.4 Å². The molecule has 9 nitrogen and oxygen atoms in total. The number of methoxy groups -OCH3 is 1. The fourth-order valence-corrected chi connectivity index (χ4v) is 4.53. The number of piperazine rings is 1. The summed E-state index contributed by atoms with van der Waals surface area (Å²) in [4.78, 5) is 31.4. The van der Waals surface area contributed by atoms with E-state index in [0.717, 1.165) is 41.6 Å². The van der Waals surface area contributed by atoms with Crippen LogP contribution < -0.4 is 15.4 Å². The Labute approximate surface area is 189 Å². The van der Waals surface area contributed by atoms with Gasteiger partial charge in [-0.3, -0.25) is 19.8 Å². The molecule has 4 rings (SSSR count). The van der Waals surface area contributed by atoms with Crippen molar-refractivity contribution >= 4 is 28.6 Å². The topological polar surface area (TPSA) is 115 Å². The van der Waals surface area contributed by atoms with Crippen LogP contribution in [0.5, 0.6) is 5.75 Å². The molecule has 0 bridgehead atoms. The number of thiazole rings is 1. The second kappa shape index (κ2) is 9.33. The maximum Gasteiger partial charge on any atom is 0.293 e. The number of aromatic nitrogens is 1. The second-order valence-electron chi connectivity index (χ2n) is 7.46. The number of carbonyl (C=O) groups excluding carboxylic acids is 1. The number of hydrogen-bond acceptors (Lipinski definition) is 8. The van der Waals surface area contributed by atoms with E-state index in [-0.39, 0.29) is 11.3 Å². The summed E-state index contributed by atoms with van der Waals surface area (Å²) in [5.41, 5.74) is 7.87. The van der Waals surface area contributed by atoms with Crippen LogP contribution in [0.1, 0.15) is 16.1 Å². The first-order chi connectivity index (χ1) is 15.4. The van der Waals surface area contributed by atoms with Gasteiger partial charge in [-0.1, -0.05) is 0 Å². The molecule has 0 unspecified atom stereocenters. The van der Waals surface area contributed by atoms with Gasteiger partial charge >= 0.3 is 0 Å². The molecular formula is C22H23N5O4S. The summed E-state index contributed by atoms with van der Waals surface area (Å²) in [5.74, 6) is 0.134. The van der Waals surface area contributed by atoms with Crippen LogP contribution in [-0.4, -0.2) is 54.0 Å². The Morgan fingerprint density at radius 1 is 1.19 bits per heavy atom. The van der Waals surface area contributed by atoms with Crippen LogP contribution in [0, 0.1) is 10.1 Å². The molecule has 32 heavy (non-hydrogen) atoms. The van der Waals surface area contributed by atoms with Crippen LogP contribution in [-0.2, 0) is 6.54 Å².